The maximum atomic E-state index is 13.0. The van der Waals surface area contributed by atoms with Gasteiger partial charge in [0.25, 0.3) is 0 Å². The van der Waals surface area contributed by atoms with E-state index in [1.807, 2.05) is 12.1 Å². The van der Waals surface area contributed by atoms with Crippen molar-refractivity contribution < 1.29 is 9.50 Å². The summed E-state index contributed by atoms with van der Waals surface area (Å²) >= 11 is 3.28. The Kier molecular flexibility index (Phi) is 4.72. The van der Waals surface area contributed by atoms with Gasteiger partial charge in [0.15, 0.2) is 0 Å². The normalized spacial score (nSPS) is 12.4. The lowest BCUT2D eigenvalue weighted by atomic mass is 10.00. The van der Waals surface area contributed by atoms with Crippen LogP contribution in [0.5, 0.6) is 0 Å². The highest BCUT2D eigenvalue weighted by molar-refractivity contribution is 9.10. The molecule has 0 aromatic heterocycles. The van der Waals surface area contributed by atoms with Gasteiger partial charge in [0.05, 0.1) is 6.10 Å². The Labute approximate surface area is 121 Å². The SMILES string of the molecule is CCc1ccc(CC(O)c2ccc(F)cc2Br)cc1. The monoisotopic (exact) mass is 322 g/mol. The van der Waals surface area contributed by atoms with Gasteiger partial charge < -0.3 is 5.11 Å². The summed E-state index contributed by atoms with van der Waals surface area (Å²) in [6, 6.07) is 12.6. The zero-order chi connectivity index (χ0) is 13.8. The summed E-state index contributed by atoms with van der Waals surface area (Å²) in [4.78, 5) is 0. The molecule has 2 rings (SSSR count). The number of hydrogen-bond donors (Lipinski definition) is 1. The minimum Gasteiger partial charge on any atom is -0.388 e. The maximum absolute atomic E-state index is 13.0. The van der Waals surface area contributed by atoms with Gasteiger partial charge in [-0.15, -0.1) is 0 Å². The molecule has 0 radical (unpaired) electrons. The summed E-state index contributed by atoms with van der Waals surface area (Å²) in [5.41, 5.74) is 3.06. The molecule has 1 atom stereocenters. The van der Waals surface area contributed by atoms with Crippen molar-refractivity contribution in [1.82, 2.24) is 0 Å². The summed E-state index contributed by atoms with van der Waals surface area (Å²) in [6.45, 7) is 2.11. The topological polar surface area (TPSA) is 20.2 Å². The van der Waals surface area contributed by atoms with Gasteiger partial charge in [-0.3, -0.25) is 0 Å². The molecule has 0 aliphatic carbocycles. The molecular weight excluding hydrogens is 307 g/mol. The lowest BCUT2D eigenvalue weighted by Gasteiger charge is -2.13. The van der Waals surface area contributed by atoms with E-state index in [0.29, 0.717) is 16.5 Å². The van der Waals surface area contributed by atoms with Crippen LogP contribution in [0.3, 0.4) is 0 Å². The summed E-state index contributed by atoms with van der Waals surface area (Å²) in [6.07, 6.45) is 0.892. The Balaban J connectivity index is 2.13. The molecule has 0 saturated heterocycles. The van der Waals surface area contributed by atoms with Crippen molar-refractivity contribution in [2.24, 2.45) is 0 Å². The van der Waals surface area contributed by atoms with Crippen molar-refractivity contribution in [2.75, 3.05) is 0 Å². The highest BCUT2D eigenvalue weighted by Crippen LogP contribution is 2.26. The Bertz CT molecular complexity index is 551. The molecule has 3 heteroatoms. The van der Waals surface area contributed by atoms with Gasteiger partial charge in [-0.25, -0.2) is 4.39 Å². The third-order valence-corrected chi connectivity index (χ3v) is 3.87. The second-order valence-electron chi connectivity index (χ2n) is 4.56. The van der Waals surface area contributed by atoms with Gasteiger partial charge in [-0.1, -0.05) is 53.2 Å². The Morgan fingerprint density at radius 3 is 2.32 bits per heavy atom. The molecule has 100 valence electrons. The van der Waals surface area contributed by atoms with Crippen molar-refractivity contribution in [1.29, 1.82) is 0 Å². The number of halogens is 2. The first-order valence-corrected chi connectivity index (χ1v) is 7.10. The fourth-order valence-corrected chi connectivity index (χ4v) is 2.63. The van der Waals surface area contributed by atoms with Crippen molar-refractivity contribution in [2.45, 2.75) is 25.9 Å². The molecule has 0 bridgehead atoms. The van der Waals surface area contributed by atoms with Gasteiger partial charge in [0.2, 0.25) is 0 Å². The van der Waals surface area contributed by atoms with Crippen LogP contribution < -0.4 is 0 Å². The number of aliphatic hydroxyl groups excluding tert-OH is 1. The highest BCUT2D eigenvalue weighted by atomic mass is 79.9. The third-order valence-electron chi connectivity index (χ3n) is 3.18. The molecule has 1 nitrogen and oxygen atoms in total. The molecule has 2 aromatic carbocycles. The van der Waals surface area contributed by atoms with E-state index >= 15 is 0 Å². The molecule has 0 spiro atoms. The zero-order valence-electron chi connectivity index (χ0n) is 10.7. The van der Waals surface area contributed by atoms with Crippen LogP contribution in [-0.2, 0) is 12.8 Å². The largest absolute Gasteiger partial charge is 0.388 e. The fourth-order valence-electron chi connectivity index (χ4n) is 2.02. The average molecular weight is 323 g/mol. The Hall–Kier alpha value is -1.19. The first-order chi connectivity index (χ1) is 9.10. The molecule has 0 aliphatic rings. The van der Waals surface area contributed by atoms with E-state index in [2.05, 4.69) is 35.0 Å². The molecule has 19 heavy (non-hydrogen) atoms. The number of aryl methyl sites for hydroxylation is 1. The van der Waals surface area contributed by atoms with Crippen LogP contribution in [0.4, 0.5) is 4.39 Å². The Morgan fingerprint density at radius 1 is 1.11 bits per heavy atom. The summed E-state index contributed by atoms with van der Waals surface area (Å²) in [5, 5.41) is 10.2. The molecule has 0 amide bonds. The van der Waals surface area contributed by atoms with Crippen LogP contribution >= 0.6 is 15.9 Å². The van der Waals surface area contributed by atoms with Crippen LogP contribution in [-0.4, -0.2) is 5.11 Å². The van der Waals surface area contributed by atoms with E-state index in [1.54, 1.807) is 6.07 Å². The van der Waals surface area contributed by atoms with Gasteiger partial charge in [-0.05, 0) is 35.2 Å². The summed E-state index contributed by atoms with van der Waals surface area (Å²) < 4.78 is 13.6. The smallest absolute Gasteiger partial charge is 0.124 e. The van der Waals surface area contributed by atoms with E-state index in [9.17, 15) is 9.50 Å². The molecule has 0 saturated carbocycles. The van der Waals surface area contributed by atoms with Crippen molar-refractivity contribution >= 4 is 15.9 Å². The first kappa shape index (κ1) is 14.2. The first-order valence-electron chi connectivity index (χ1n) is 6.31. The minimum absolute atomic E-state index is 0.310. The fraction of sp³-hybridized carbons (Fsp3) is 0.250. The number of benzene rings is 2. The summed E-state index contributed by atoms with van der Waals surface area (Å²) in [5.74, 6) is -0.310. The van der Waals surface area contributed by atoms with Gasteiger partial charge in [0, 0.05) is 10.9 Å². The number of hydrogen-bond acceptors (Lipinski definition) is 1. The molecule has 0 aliphatic heterocycles. The van der Waals surface area contributed by atoms with Crippen LogP contribution in [0.15, 0.2) is 46.9 Å². The van der Waals surface area contributed by atoms with Gasteiger partial charge in [0.1, 0.15) is 5.82 Å². The van der Waals surface area contributed by atoms with Crippen molar-refractivity contribution in [3.8, 4) is 0 Å². The average Bonchev–Trinajstić information content (AvgIpc) is 2.39. The molecule has 1 N–H and O–H groups in total. The second-order valence-corrected chi connectivity index (χ2v) is 5.41. The molecular formula is C16H16BrFO. The van der Waals surface area contributed by atoms with E-state index in [-0.39, 0.29) is 5.82 Å². The number of aliphatic hydroxyl groups is 1. The minimum atomic E-state index is -0.637. The maximum Gasteiger partial charge on any atom is 0.124 e. The number of rotatable bonds is 4. The van der Waals surface area contributed by atoms with Crippen LogP contribution in [0.1, 0.15) is 29.7 Å². The lowest BCUT2D eigenvalue weighted by molar-refractivity contribution is 0.177. The lowest BCUT2D eigenvalue weighted by Crippen LogP contribution is -2.03. The van der Waals surface area contributed by atoms with E-state index in [1.165, 1.54) is 17.7 Å². The van der Waals surface area contributed by atoms with E-state index in [4.69, 9.17) is 0 Å². The standard InChI is InChI=1S/C16H16BrFO/c1-2-11-3-5-12(6-4-11)9-16(19)14-8-7-13(18)10-15(14)17/h3-8,10,16,19H,2,9H2,1H3. The predicted molar refractivity (Wildman–Crippen MR) is 78.6 cm³/mol. The zero-order valence-corrected chi connectivity index (χ0v) is 12.3. The summed E-state index contributed by atoms with van der Waals surface area (Å²) in [7, 11) is 0. The van der Waals surface area contributed by atoms with Crippen LogP contribution in [0.2, 0.25) is 0 Å². The second kappa shape index (κ2) is 6.31. The predicted octanol–water partition coefficient (Wildman–Crippen LogP) is 4.43. The van der Waals surface area contributed by atoms with Gasteiger partial charge in [-0.2, -0.15) is 0 Å². The van der Waals surface area contributed by atoms with Gasteiger partial charge >= 0.3 is 0 Å². The molecule has 2 aromatic rings. The van der Waals surface area contributed by atoms with Crippen molar-refractivity contribution in [3.63, 3.8) is 0 Å². The molecule has 1 unspecified atom stereocenters. The molecule has 0 fully saturated rings. The quantitative estimate of drug-likeness (QED) is 0.883. The molecule has 0 heterocycles. The van der Waals surface area contributed by atoms with Crippen LogP contribution in [0.25, 0.3) is 0 Å². The van der Waals surface area contributed by atoms with E-state index in [0.717, 1.165) is 12.0 Å². The highest BCUT2D eigenvalue weighted by Gasteiger charge is 2.12. The third kappa shape index (κ3) is 3.64. The Morgan fingerprint density at radius 2 is 1.74 bits per heavy atom. The van der Waals surface area contributed by atoms with Crippen molar-refractivity contribution in [3.05, 3.63) is 69.4 Å². The van der Waals surface area contributed by atoms with E-state index < -0.39 is 6.10 Å². The van der Waals surface area contributed by atoms with Crippen LogP contribution in [0, 0.1) is 5.82 Å².